The molecule has 44 heavy (non-hydrogen) atoms. The average Bonchev–Trinajstić information content (AvgIpc) is 3.50. The van der Waals surface area contributed by atoms with Crippen molar-refractivity contribution in [2.75, 3.05) is 18.0 Å². The lowest BCUT2D eigenvalue weighted by atomic mass is 9.57. The third-order valence-corrected chi connectivity index (χ3v) is 9.28. The van der Waals surface area contributed by atoms with Gasteiger partial charge in [0, 0.05) is 30.6 Å². The highest BCUT2D eigenvalue weighted by atomic mass is 16.5. The Morgan fingerprint density at radius 3 is 2.34 bits per heavy atom. The van der Waals surface area contributed by atoms with E-state index in [1.807, 2.05) is 6.08 Å². The molecule has 3 saturated heterocycles. The summed E-state index contributed by atoms with van der Waals surface area (Å²) >= 11 is 0. The SMILES string of the molecule is C=CCC1C2C(C(=O)NCC(N)=O)CC(C3C(=O)N(c4cc(C)on4)C(=O)[C@H]32)N1C/C=C(\C)CC/C=C(\C)CCC=C(C)C. The zero-order valence-corrected chi connectivity index (χ0v) is 26.7. The van der Waals surface area contributed by atoms with Crippen molar-refractivity contribution in [3.8, 4) is 0 Å². The molecule has 1 saturated carbocycles. The van der Waals surface area contributed by atoms with Crippen molar-refractivity contribution in [3.63, 3.8) is 0 Å². The number of nitrogens with zero attached hydrogens (tertiary/aromatic N) is 3. The third-order valence-electron chi connectivity index (χ3n) is 9.28. The highest BCUT2D eigenvalue weighted by Gasteiger charge is 2.67. The molecule has 5 rings (SSSR count). The van der Waals surface area contributed by atoms with Crippen molar-refractivity contribution in [1.29, 1.82) is 0 Å². The van der Waals surface area contributed by atoms with E-state index in [-0.39, 0.29) is 42.2 Å². The van der Waals surface area contributed by atoms with E-state index in [1.165, 1.54) is 16.7 Å². The molecule has 5 unspecified atom stereocenters. The lowest BCUT2D eigenvalue weighted by molar-refractivity contribution is -0.158. The van der Waals surface area contributed by atoms with Crippen LogP contribution in [0.3, 0.4) is 0 Å². The minimum atomic E-state index is -0.687. The number of allylic oxidation sites excluding steroid dienone is 5. The molecule has 0 spiro atoms. The highest BCUT2D eigenvalue weighted by molar-refractivity contribution is 6.22. The monoisotopic (exact) mass is 605 g/mol. The van der Waals surface area contributed by atoms with E-state index in [4.69, 9.17) is 10.3 Å². The molecule has 2 bridgehead atoms. The van der Waals surface area contributed by atoms with Crippen molar-refractivity contribution in [2.24, 2.45) is 29.4 Å². The quantitative estimate of drug-likeness (QED) is 0.237. The second kappa shape index (κ2) is 14.3. The number of anilines is 1. The van der Waals surface area contributed by atoms with Crippen LogP contribution in [0.4, 0.5) is 5.82 Å². The number of fused-ring (bicyclic) bond motifs is 2. The molecule has 1 aromatic heterocycles. The van der Waals surface area contributed by atoms with Gasteiger partial charge in [-0.2, -0.15) is 0 Å². The summed E-state index contributed by atoms with van der Waals surface area (Å²) in [6.07, 6.45) is 13.5. The van der Waals surface area contributed by atoms with Crippen LogP contribution in [0.15, 0.2) is 58.2 Å². The van der Waals surface area contributed by atoms with Crippen LogP contribution in [-0.2, 0) is 19.2 Å². The van der Waals surface area contributed by atoms with Crippen LogP contribution in [-0.4, -0.2) is 58.9 Å². The predicted octanol–water partition coefficient (Wildman–Crippen LogP) is 4.37. The van der Waals surface area contributed by atoms with Crippen molar-refractivity contribution in [3.05, 3.63) is 59.4 Å². The fraction of sp³-hybridized carbons (Fsp3) is 0.559. The Hall–Kier alpha value is -3.79. The molecular formula is C34H47N5O5. The summed E-state index contributed by atoms with van der Waals surface area (Å²) < 4.78 is 5.19. The number of piperidine rings is 2. The molecule has 4 fully saturated rings. The number of hydrogen-bond acceptors (Lipinski definition) is 7. The first-order chi connectivity index (χ1) is 20.9. The van der Waals surface area contributed by atoms with Crippen LogP contribution in [0.1, 0.15) is 72.0 Å². The van der Waals surface area contributed by atoms with Gasteiger partial charge in [0.05, 0.1) is 18.4 Å². The van der Waals surface area contributed by atoms with Gasteiger partial charge in [0.2, 0.25) is 23.6 Å². The Balaban J connectivity index is 1.58. The number of nitrogens with two attached hydrogens (primary N) is 1. The van der Waals surface area contributed by atoms with Crippen molar-refractivity contribution in [1.82, 2.24) is 15.4 Å². The molecule has 1 aliphatic carbocycles. The maximum Gasteiger partial charge on any atom is 0.240 e. The van der Waals surface area contributed by atoms with Crippen LogP contribution >= 0.6 is 0 Å². The van der Waals surface area contributed by atoms with Gasteiger partial charge in [-0.15, -0.1) is 6.58 Å². The minimum absolute atomic E-state index is 0.174. The topological polar surface area (TPSA) is 139 Å². The van der Waals surface area contributed by atoms with Gasteiger partial charge >= 0.3 is 0 Å². The largest absolute Gasteiger partial charge is 0.368 e. The molecule has 3 N–H and O–H groups in total. The first-order valence-electron chi connectivity index (χ1n) is 15.6. The van der Waals surface area contributed by atoms with Crippen LogP contribution in [0.25, 0.3) is 0 Å². The Kier molecular flexibility index (Phi) is 10.8. The van der Waals surface area contributed by atoms with Gasteiger partial charge in [-0.25, -0.2) is 4.90 Å². The zero-order valence-electron chi connectivity index (χ0n) is 26.7. The summed E-state index contributed by atoms with van der Waals surface area (Å²) in [7, 11) is 0. The molecule has 0 aromatic carbocycles. The van der Waals surface area contributed by atoms with Crippen LogP contribution in [0.5, 0.6) is 0 Å². The zero-order chi connectivity index (χ0) is 32.1. The Bertz CT molecular complexity index is 1370. The Morgan fingerprint density at radius 2 is 1.73 bits per heavy atom. The summed E-state index contributed by atoms with van der Waals surface area (Å²) in [5, 5.41) is 6.61. The molecule has 1 aromatic rings. The van der Waals surface area contributed by atoms with Gasteiger partial charge in [0.1, 0.15) is 5.76 Å². The predicted molar refractivity (Wildman–Crippen MR) is 169 cm³/mol. The van der Waals surface area contributed by atoms with Gasteiger partial charge in [-0.1, -0.05) is 46.2 Å². The number of imide groups is 1. The number of carbonyl (C=O) groups excluding carboxylic acids is 4. The number of carbonyl (C=O) groups is 4. The standard InChI is InChI=1S/C34H47N5O5/c1-7-10-25-29-24(32(41)36-19-27(35)40)18-26(30-31(29)34(43)39(33(30)42)28-17-23(6)44-37-28)38(25)16-15-22(5)14-9-13-21(4)12-8-11-20(2)3/h7,11,13,15,17,24-26,29-31H,1,8-10,12,14,16,18-19H2,2-6H3,(H2,35,40)(H,36,41)/b21-13+,22-15+/t24?,25?,26?,29?,30?,31-/m0/s1. The molecule has 6 atom stereocenters. The van der Waals surface area contributed by atoms with E-state index in [0.29, 0.717) is 25.1 Å². The van der Waals surface area contributed by atoms with Crippen molar-refractivity contribution in [2.45, 2.75) is 85.2 Å². The summed E-state index contributed by atoms with van der Waals surface area (Å²) in [5.41, 5.74) is 9.27. The summed E-state index contributed by atoms with van der Waals surface area (Å²) in [6, 6.07) is 1.04. The van der Waals surface area contributed by atoms with Crippen molar-refractivity contribution < 1.29 is 23.7 Å². The maximum absolute atomic E-state index is 13.9. The van der Waals surface area contributed by atoms with E-state index in [2.05, 4.69) is 67.9 Å². The molecule has 4 heterocycles. The van der Waals surface area contributed by atoms with E-state index in [1.54, 1.807) is 13.0 Å². The van der Waals surface area contributed by atoms with E-state index < -0.39 is 29.6 Å². The fourth-order valence-electron chi connectivity index (χ4n) is 7.26. The average molecular weight is 606 g/mol. The number of aromatic nitrogens is 1. The third kappa shape index (κ3) is 7.12. The number of rotatable bonds is 14. The van der Waals surface area contributed by atoms with Crippen LogP contribution in [0, 0.1) is 30.6 Å². The van der Waals surface area contributed by atoms with E-state index >= 15 is 0 Å². The smallest absolute Gasteiger partial charge is 0.240 e. The molecule has 0 radical (unpaired) electrons. The van der Waals surface area contributed by atoms with Gasteiger partial charge in [0.15, 0.2) is 5.82 Å². The first-order valence-corrected chi connectivity index (χ1v) is 15.6. The number of amides is 4. The molecule has 238 valence electrons. The molecule has 4 amide bonds. The second-order valence-corrected chi connectivity index (χ2v) is 12.8. The lowest BCUT2D eigenvalue weighted by Crippen LogP contribution is -2.68. The minimum Gasteiger partial charge on any atom is -0.368 e. The Labute approximate surface area is 260 Å². The van der Waals surface area contributed by atoms with Crippen LogP contribution < -0.4 is 16.0 Å². The van der Waals surface area contributed by atoms with Gasteiger partial charge in [-0.05, 0) is 79.1 Å². The number of primary amides is 1. The van der Waals surface area contributed by atoms with Gasteiger partial charge in [-0.3, -0.25) is 24.1 Å². The molecular weight excluding hydrogens is 558 g/mol. The van der Waals surface area contributed by atoms with Crippen LogP contribution in [0.2, 0.25) is 0 Å². The number of hydrogen-bond donors (Lipinski definition) is 2. The van der Waals surface area contributed by atoms with Crippen molar-refractivity contribution >= 4 is 29.4 Å². The van der Waals surface area contributed by atoms with E-state index in [0.717, 1.165) is 30.6 Å². The highest BCUT2D eigenvalue weighted by Crippen LogP contribution is 2.55. The summed E-state index contributed by atoms with van der Waals surface area (Å²) in [5.74, 6) is -3.26. The Morgan fingerprint density at radius 1 is 1.07 bits per heavy atom. The second-order valence-electron chi connectivity index (χ2n) is 12.8. The number of aryl methyl sites for hydroxylation is 1. The molecule has 10 nitrogen and oxygen atoms in total. The number of nitrogens with one attached hydrogen (secondary N) is 1. The first kappa shape index (κ1) is 33.1. The van der Waals surface area contributed by atoms with Gasteiger partial charge in [0.25, 0.3) is 0 Å². The fourth-order valence-corrected chi connectivity index (χ4v) is 7.26. The summed E-state index contributed by atoms with van der Waals surface area (Å²) in [4.78, 5) is 56.1. The molecule has 3 aliphatic heterocycles. The summed E-state index contributed by atoms with van der Waals surface area (Å²) in [6.45, 7) is 14.5. The molecule has 10 heteroatoms. The van der Waals surface area contributed by atoms with Gasteiger partial charge < -0.3 is 15.6 Å². The molecule has 4 aliphatic rings. The lowest BCUT2D eigenvalue weighted by Gasteiger charge is -2.58. The normalized spacial score (nSPS) is 27.0. The van der Waals surface area contributed by atoms with E-state index in [9.17, 15) is 19.2 Å². The maximum atomic E-state index is 13.9.